The molecule has 0 saturated carbocycles. The maximum absolute atomic E-state index is 14.5. The second-order valence-corrected chi connectivity index (χ2v) is 15.3. The minimum atomic E-state index is -1.30. The number of nitrogens with zero attached hydrogens (tertiary/aromatic N) is 4. The number of methoxy groups -OCH3 is 2. The van der Waals surface area contributed by atoms with Gasteiger partial charge < -0.3 is 39.9 Å². The van der Waals surface area contributed by atoms with Gasteiger partial charge in [0.05, 0.1) is 49.2 Å². The third-order valence-corrected chi connectivity index (χ3v) is 11.4. The van der Waals surface area contributed by atoms with Crippen molar-refractivity contribution in [3.05, 3.63) is 107 Å². The first kappa shape index (κ1) is 40.6. The summed E-state index contributed by atoms with van der Waals surface area (Å²) in [4.78, 5) is 72.6. The van der Waals surface area contributed by atoms with Crippen LogP contribution in [0.5, 0.6) is 0 Å². The van der Waals surface area contributed by atoms with E-state index >= 15 is 0 Å². The number of hydrogen-bond donors (Lipinski definition) is 4. The number of benzene rings is 3. The van der Waals surface area contributed by atoms with Crippen molar-refractivity contribution < 1.29 is 28.7 Å². The molecule has 5 aromatic rings. The molecule has 14 nitrogen and oxygen atoms in total. The lowest BCUT2D eigenvalue weighted by molar-refractivity contribution is -0.140. The second-order valence-electron chi connectivity index (χ2n) is 15.3. The number of hydrogen-bond acceptors (Lipinski definition) is 8. The predicted molar refractivity (Wildman–Crippen MR) is 222 cm³/mol. The summed E-state index contributed by atoms with van der Waals surface area (Å²) >= 11 is 0. The van der Waals surface area contributed by atoms with Crippen LogP contribution in [0.2, 0.25) is 0 Å². The fourth-order valence-electron chi connectivity index (χ4n) is 8.17. The largest absolute Gasteiger partial charge is 0.453 e. The Morgan fingerprint density at radius 1 is 0.847 bits per heavy atom. The van der Waals surface area contributed by atoms with Crippen molar-refractivity contribution >= 4 is 35.0 Å². The van der Waals surface area contributed by atoms with E-state index in [4.69, 9.17) is 14.5 Å². The van der Waals surface area contributed by atoms with Crippen molar-refractivity contribution in [2.24, 2.45) is 5.92 Å². The van der Waals surface area contributed by atoms with Crippen LogP contribution in [0.4, 0.5) is 9.59 Å². The molecule has 14 heteroatoms. The Labute approximate surface area is 343 Å². The van der Waals surface area contributed by atoms with Gasteiger partial charge in [-0.25, -0.2) is 19.6 Å². The highest BCUT2D eigenvalue weighted by Crippen LogP contribution is 2.38. The maximum atomic E-state index is 14.5. The number of ether oxygens (including phenoxy) is 2. The first-order valence-electron chi connectivity index (χ1n) is 20.1. The molecular weight excluding hydrogens is 749 g/mol. The van der Waals surface area contributed by atoms with Crippen LogP contribution in [0, 0.1) is 17.8 Å². The average molecular weight is 799 g/mol. The SMILES string of the molecule is CC[C@](NC(=O)OC)(C(=O)N1CCC[C@H]1c1nc2ccc(C#Cc3ccc(-c4cnc([C@@H]5CCCN5C(=O)[C@@H](NC(=O)OC)C(C)C)[nH]4)cc3)cc2[nH]1)c1ccccc1. The average Bonchev–Trinajstić information content (AvgIpc) is 4.10. The van der Waals surface area contributed by atoms with Crippen molar-refractivity contribution in [3.63, 3.8) is 0 Å². The van der Waals surface area contributed by atoms with Gasteiger partial charge in [0.2, 0.25) is 5.91 Å². The van der Waals surface area contributed by atoms with E-state index in [2.05, 4.69) is 37.4 Å². The number of imidazole rings is 2. The summed E-state index contributed by atoms with van der Waals surface area (Å²) in [6.45, 7) is 6.79. The molecule has 59 heavy (non-hydrogen) atoms. The van der Waals surface area contributed by atoms with Crippen LogP contribution in [0.25, 0.3) is 22.3 Å². The number of aromatic amines is 2. The van der Waals surface area contributed by atoms with Crippen LogP contribution in [0.1, 0.15) is 93.3 Å². The Bertz CT molecular complexity index is 2380. The third kappa shape index (κ3) is 8.37. The summed E-state index contributed by atoms with van der Waals surface area (Å²) in [6.07, 6.45) is 3.95. The van der Waals surface area contributed by atoms with Gasteiger partial charge in [-0.05, 0) is 79.5 Å². The van der Waals surface area contributed by atoms with Crippen LogP contribution >= 0.6 is 0 Å². The molecule has 0 unspecified atom stereocenters. The van der Waals surface area contributed by atoms with Gasteiger partial charge in [-0.1, -0.05) is 75.1 Å². The Morgan fingerprint density at radius 3 is 2.19 bits per heavy atom. The molecule has 306 valence electrons. The summed E-state index contributed by atoms with van der Waals surface area (Å²) in [6, 6.07) is 21.8. The maximum Gasteiger partial charge on any atom is 0.407 e. The molecule has 2 aliphatic rings. The lowest BCUT2D eigenvalue weighted by Crippen LogP contribution is -2.57. The lowest BCUT2D eigenvalue weighted by atomic mass is 9.85. The molecule has 2 aliphatic heterocycles. The number of alkyl carbamates (subject to hydrolysis) is 2. The Balaban J connectivity index is 1.04. The standard InChI is InChI=1S/C45H50N8O6/c1-6-45(51-44(57)59-5,32-12-8-7-9-13-32)42(55)53-25-11-15-37(53)40-47-33-23-20-30(26-34(33)48-40)17-16-29-18-21-31(22-19-29)35-27-46-39(49-35)36-14-10-24-52(36)41(54)38(28(2)3)50-43(56)58-4/h7-9,12-13,18-23,26-28,36-38H,6,10-11,14-15,24-25H2,1-5H3,(H,46,49)(H,47,48)(H,50,56)(H,51,57)/t36-,37-,38-,45+/m0/s1. The summed E-state index contributed by atoms with van der Waals surface area (Å²) in [5.74, 6) is 7.46. The second kappa shape index (κ2) is 17.5. The molecule has 2 fully saturated rings. The highest BCUT2D eigenvalue weighted by atomic mass is 16.5. The van der Waals surface area contributed by atoms with E-state index in [1.807, 2.05) is 98.5 Å². The molecule has 0 aliphatic carbocycles. The van der Waals surface area contributed by atoms with Gasteiger partial charge in [-0.15, -0.1) is 0 Å². The van der Waals surface area contributed by atoms with Crippen molar-refractivity contribution in [2.75, 3.05) is 27.3 Å². The molecule has 2 saturated heterocycles. The molecule has 4 N–H and O–H groups in total. The molecule has 2 aromatic heterocycles. The molecule has 7 rings (SSSR count). The number of likely N-dealkylation sites (tertiary alicyclic amines) is 2. The van der Waals surface area contributed by atoms with Crippen molar-refractivity contribution in [2.45, 2.75) is 76.5 Å². The van der Waals surface area contributed by atoms with E-state index in [-0.39, 0.29) is 29.8 Å². The van der Waals surface area contributed by atoms with Crippen molar-refractivity contribution in [1.82, 2.24) is 40.4 Å². The monoisotopic (exact) mass is 798 g/mol. The molecule has 3 aromatic carbocycles. The number of carbonyl (C=O) groups is 4. The Morgan fingerprint density at radius 2 is 1.51 bits per heavy atom. The zero-order valence-electron chi connectivity index (χ0n) is 34.0. The number of carbonyl (C=O) groups excluding carboxylic acids is 4. The molecule has 0 radical (unpaired) electrons. The number of fused-ring (bicyclic) bond motifs is 1. The molecular formula is C45H50N8O6. The van der Waals surface area contributed by atoms with Gasteiger partial charge in [0.25, 0.3) is 5.91 Å². The molecule has 4 amide bonds. The van der Waals surface area contributed by atoms with E-state index in [0.717, 1.165) is 59.1 Å². The van der Waals surface area contributed by atoms with E-state index < -0.39 is 23.8 Å². The first-order chi connectivity index (χ1) is 28.5. The van der Waals surface area contributed by atoms with Crippen molar-refractivity contribution in [3.8, 4) is 23.1 Å². The number of nitrogens with one attached hydrogen (secondary N) is 4. The molecule has 0 bridgehead atoms. The van der Waals surface area contributed by atoms with Gasteiger partial charge in [0, 0.05) is 24.2 Å². The number of aromatic nitrogens is 4. The third-order valence-electron chi connectivity index (χ3n) is 11.4. The first-order valence-corrected chi connectivity index (χ1v) is 20.1. The number of amides is 4. The zero-order valence-corrected chi connectivity index (χ0v) is 34.0. The predicted octanol–water partition coefficient (Wildman–Crippen LogP) is 6.72. The highest BCUT2D eigenvalue weighted by Gasteiger charge is 2.47. The van der Waals surface area contributed by atoms with Crippen LogP contribution < -0.4 is 10.6 Å². The quantitative estimate of drug-likeness (QED) is 0.113. The van der Waals surface area contributed by atoms with Gasteiger partial charge in [0.15, 0.2) is 0 Å². The number of rotatable bonds is 10. The minimum Gasteiger partial charge on any atom is -0.453 e. The van der Waals surface area contributed by atoms with Gasteiger partial charge in [0.1, 0.15) is 23.2 Å². The van der Waals surface area contributed by atoms with Crippen LogP contribution in [0.15, 0.2) is 79.0 Å². The normalized spacial score (nSPS) is 17.9. The van der Waals surface area contributed by atoms with Crippen LogP contribution in [0.3, 0.4) is 0 Å². The number of H-pyrrole nitrogens is 2. The summed E-state index contributed by atoms with van der Waals surface area (Å²) in [5.41, 5.74) is 4.39. The zero-order chi connectivity index (χ0) is 41.7. The minimum absolute atomic E-state index is 0.114. The smallest absolute Gasteiger partial charge is 0.407 e. The van der Waals surface area contributed by atoms with E-state index in [0.29, 0.717) is 36.7 Å². The summed E-state index contributed by atoms with van der Waals surface area (Å²) in [7, 11) is 2.58. The molecule has 4 atom stereocenters. The fourth-order valence-corrected chi connectivity index (χ4v) is 8.17. The van der Waals surface area contributed by atoms with E-state index in [1.54, 1.807) is 11.1 Å². The topological polar surface area (TPSA) is 175 Å². The molecule has 4 heterocycles. The Hall–Kier alpha value is -6.62. The lowest BCUT2D eigenvalue weighted by Gasteiger charge is -2.37. The van der Waals surface area contributed by atoms with E-state index in [9.17, 15) is 19.2 Å². The van der Waals surface area contributed by atoms with E-state index in [1.165, 1.54) is 14.2 Å². The van der Waals surface area contributed by atoms with Gasteiger partial charge in [-0.2, -0.15) is 0 Å². The Kier molecular flexibility index (Phi) is 12.0. The summed E-state index contributed by atoms with van der Waals surface area (Å²) in [5, 5.41) is 5.56. The van der Waals surface area contributed by atoms with Crippen molar-refractivity contribution in [1.29, 1.82) is 0 Å². The van der Waals surface area contributed by atoms with Gasteiger partial charge in [-0.3, -0.25) is 9.59 Å². The summed E-state index contributed by atoms with van der Waals surface area (Å²) < 4.78 is 9.70. The van der Waals surface area contributed by atoms with Crippen LogP contribution in [-0.2, 0) is 24.6 Å². The fraction of sp³-hybridized carbons (Fsp3) is 0.378. The highest BCUT2D eigenvalue weighted by molar-refractivity contribution is 5.92. The van der Waals surface area contributed by atoms with Crippen LogP contribution in [-0.4, -0.2) is 87.1 Å². The van der Waals surface area contributed by atoms with Gasteiger partial charge >= 0.3 is 12.2 Å². The molecule has 0 spiro atoms.